The fourth-order valence-electron chi connectivity index (χ4n) is 12.2. The summed E-state index contributed by atoms with van der Waals surface area (Å²) in [6.07, 6.45) is 11.0. The summed E-state index contributed by atoms with van der Waals surface area (Å²) < 4.78 is 12.0. The molecule has 5 aliphatic carbocycles. The maximum Gasteiger partial charge on any atom is 0.325 e. The zero-order valence-corrected chi connectivity index (χ0v) is 29.4. The van der Waals surface area contributed by atoms with Crippen LogP contribution in [0.4, 0.5) is 0 Å². The molecule has 46 heavy (non-hydrogen) atoms. The molecule has 4 fully saturated rings. The fraction of sp³-hybridized carbons (Fsp3) is 0.750. The quantitative estimate of drug-likeness (QED) is 0.232. The first-order chi connectivity index (χ1) is 21.6. The zero-order valence-electron chi connectivity index (χ0n) is 29.4. The number of carbonyl (C=O) groups excluding carboxylic acids is 1. The first-order valence-corrected chi connectivity index (χ1v) is 18.1. The van der Waals surface area contributed by atoms with E-state index in [1.165, 1.54) is 5.57 Å². The second-order valence-electron chi connectivity index (χ2n) is 17.5. The molecule has 0 amide bonds. The van der Waals surface area contributed by atoms with Gasteiger partial charge in [0, 0.05) is 5.41 Å². The Hall–Kier alpha value is -2.18. The van der Waals surface area contributed by atoms with Crippen molar-refractivity contribution in [1.29, 1.82) is 0 Å². The van der Waals surface area contributed by atoms with Crippen molar-refractivity contribution in [3.63, 3.8) is 0 Å². The van der Waals surface area contributed by atoms with E-state index in [4.69, 9.17) is 15.2 Å². The Bertz CT molecular complexity index is 1360. The summed E-state index contributed by atoms with van der Waals surface area (Å²) in [4.78, 5) is 26.2. The fourth-order valence-corrected chi connectivity index (χ4v) is 12.2. The summed E-state index contributed by atoms with van der Waals surface area (Å²) in [5.74, 6) is 1.04. The number of carboxylic acid groups (broad SMARTS) is 1. The number of hydrogen-bond acceptors (Lipinski definition) is 5. The third kappa shape index (κ3) is 4.94. The van der Waals surface area contributed by atoms with E-state index in [1.807, 2.05) is 30.3 Å². The molecule has 4 saturated carbocycles. The lowest BCUT2D eigenvalue weighted by molar-refractivity contribution is -0.215. The Morgan fingerprint density at radius 1 is 0.935 bits per heavy atom. The van der Waals surface area contributed by atoms with Crippen LogP contribution >= 0.6 is 0 Å². The molecule has 6 nitrogen and oxygen atoms in total. The van der Waals surface area contributed by atoms with Gasteiger partial charge in [-0.05, 0) is 109 Å². The lowest BCUT2D eigenvalue weighted by atomic mass is 9.33. The van der Waals surface area contributed by atoms with Crippen LogP contribution in [0.5, 0.6) is 0 Å². The van der Waals surface area contributed by atoms with Crippen LogP contribution in [0.15, 0.2) is 42.0 Å². The van der Waals surface area contributed by atoms with Crippen LogP contribution < -0.4 is 5.73 Å². The summed E-state index contributed by atoms with van der Waals surface area (Å²) in [5, 5.41) is 10.7. The molecule has 6 rings (SSSR count). The molecule has 254 valence electrons. The van der Waals surface area contributed by atoms with Gasteiger partial charge in [-0.3, -0.25) is 9.59 Å². The van der Waals surface area contributed by atoms with E-state index in [1.54, 1.807) is 0 Å². The Balaban J connectivity index is 1.20. The molecule has 11 atom stereocenters. The van der Waals surface area contributed by atoms with Gasteiger partial charge in [0.05, 0.1) is 18.6 Å². The van der Waals surface area contributed by atoms with E-state index in [0.29, 0.717) is 30.3 Å². The summed E-state index contributed by atoms with van der Waals surface area (Å²) in [6, 6.07) is 9.10. The van der Waals surface area contributed by atoms with E-state index >= 15 is 0 Å². The highest BCUT2D eigenvalue weighted by atomic mass is 16.5. The average molecular weight is 634 g/mol. The second-order valence-corrected chi connectivity index (χ2v) is 17.5. The predicted octanol–water partition coefficient (Wildman–Crippen LogP) is 8.18. The van der Waals surface area contributed by atoms with E-state index < -0.39 is 17.4 Å². The minimum atomic E-state index is -0.807. The number of fused-ring (bicyclic) bond motifs is 7. The molecule has 0 aromatic heterocycles. The first-order valence-electron chi connectivity index (χ1n) is 18.1. The second kappa shape index (κ2) is 11.8. The molecular formula is C40H59NO5. The van der Waals surface area contributed by atoms with Crippen molar-refractivity contribution in [2.24, 2.45) is 62.4 Å². The first kappa shape index (κ1) is 33.7. The van der Waals surface area contributed by atoms with Gasteiger partial charge in [0.2, 0.25) is 0 Å². The molecule has 0 heterocycles. The van der Waals surface area contributed by atoms with E-state index in [9.17, 15) is 14.7 Å². The largest absolute Gasteiger partial charge is 0.481 e. The van der Waals surface area contributed by atoms with Crippen molar-refractivity contribution in [2.45, 2.75) is 125 Å². The van der Waals surface area contributed by atoms with E-state index in [0.717, 1.165) is 63.4 Å². The van der Waals surface area contributed by atoms with Crippen molar-refractivity contribution < 1.29 is 24.2 Å². The molecule has 0 spiro atoms. The van der Waals surface area contributed by atoms with Crippen molar-refractivity contribution >= 4 is 11.9 Å². The number of carbonyl (C=O) groups is 2. The SMILES string of the molecule is C[C@H]1[C@H](C)CC[C@]2(C(=O)O)CC[C@]3(C)C(=CC[C@@H]4[C@@]5(C)CC[C@H](OC(=O)[C@@H](N)COCc6ccccc6)C(C)(C)[C@@H]5CC[C@]43C)[C@H]12. The van der Waals surface area contributed by atoms with Gasteiger partial charge >= 0.3 is 11.9 Å². The maximum atomic E-state index is 13.2. The topological polar surface area (TPSA) is 98.9 Å². The third-order valence-corrected chi connectivity index (χ3v) is 15.3. The highest BCUT2D eigenvalue weighted by Crippen LogP contribution is 2.75. The molecule has 6 heteroatoms. The number of allylic oxidation sites excluding steroid dienone is 2. The molecule has 5 aliphatic rings. The van der Waals surface area contributed by atoms with E-state index in [2.05, 4.69) is 54.5 Å². The Morgan fingerprint density at radius 2 is 1.65 bits per heavy atom. The van der Waals surface area contributed by atoms with Gasteiger partial charge in [-0.25, -0.2) is 0 Å². The number of carboxylic acids is 1. The van der Waals surface area contributed by atoms with Crippen molar-refractivity contribution in [1.82, 2.24) is 0 Å². The minimum Gasteiger partial charge on any atom is -0.481 e. The Kier molecular flexibility index (Phi) is 8.61. The molecular weight excluding hydrogens is 574 g/mol. The third-order valence-electron chi connectivity index (χ3n) is 15.3. The van der Waals surface area contributed by atoms with Crippen LogP contribution in [-0.4, -0.2) is 35.8 Å². The highest BCUT2D eigenvalue weighted by Gasteiger charge is 2.69. The standard InChI is InChI=1S/C40H59NO5/c1-25-15-20-40(35(43)44)22-21-38(6)28(33(40)26(25)2)13-14-31-37(5)18-17-32(36(3,4)30(37)16-19-39(31,38)7)46-34(42)29(41)24-45-23-27-11-9-8-10-12-27/h8-13,25-26,29-33H,14-24,41H2,1-7H3,(H,43,44)/t25-,26+,29+,30+,31-,32+,33+,37+,38-,39-,40+/m1/s1. The average Bonchev–Trinajstić information content (AvgIpc) is 3.01. The van der Waals surface area contributed by atoms with Gasteiger partial charge in [0.15, 0.2) is 0 Å². The number of aliphatic carboxylic acids is 1. The number of esters is 1. The summed E-state index contributed by atoms with van der Waals surface area (Å²) in [6.45, 7) is 17.4. The Labute approximate surface area is 277 Å². The van der Waals surface area contributed by atoms with Crippen molar-refractivity contribution in [2.75, 3.05) is 6.61 Å². The molecule has 0 unspecified atom stereocenters. The van der Waals surface area contributed by atoms with Crippen LogP contribution in [-0.2, 0) is 25.7 Å². The monoisotopic (exact) mass is 633 g/mol. The summed E-state index contributed by atoms with van der Waals surface area (Å²) in [7, 11) is 0. The van der Waals surface area contributed by atoms with Crippen LogP contribution in [0, 0.1) is 56.7 Å². The zero-order chi connectivity index (χ0) is 33.3. The van der Waals surface area contributed by atoms with Crippen LogP contribution in [0.25, 0.3) is 0 Å². The molecule has 0 radical (unpaired) electrons. The number of ether oxygens (including phenoxy) is 2. The van der Waals surface area contributed by atoms with Crippen molar-refractivity contribution in [3.8, 4) is 0 Å². The van der Waals surface area contributed by atoms with Crippen LogP contribution in [0.3, 0.4) is 0 Å². The number of hydrogen-bond donors (Lipinski definition) is 2. The lowest BCUT2D eigenvalue weighted by Crippen LogP contribution is -2.65. The lowest BCUT2D eigenvalue weighted by Gasteiger charge is -2.71. The van der Waals surface area contributed by atoms with Gasteiger partial charge in [-0.2, -0.15) is 0 Å². The molecule has 1 aromatic rings. The molecule has 1 aromatic carbocycles. The van der Waals surface area contributed by atoms with Gasteiger partial charge in [-0.1, -0.05) is 90.4 Å². The number of rotatable bonds is 7. The smallest absolute Gasteiger partial charge is 0.325 e. The van der Waals surface area contributed by atoms with E-state index in [-0.39, 0.29) is 46.3 Å². The molecule has 0 aliphatic heterocycles. The van der Waals surface area contributed by atoms with Crippen LogP contribution in [0.1, 0.15) is 112 Å². The van der Waals surface area contributed by atoms with Crippen molar-refractivity contribution in [3.05, 3.63) is 47.5 Å². The van der Waals surface area contributed by atoms with Gasteiger partial charge in [0.1, 0.15) is 12.1 Å². The van der Waals surface area contributed by atoms with Gasteiger partial charge in [-0.15, -0.1) is 0 Å². The van der Waals surface area contributed by atoms with Gasteiger partial charge in [0.25, 0.3) is 0 Å². The van der Waals surface area contributed by atoms with Gasteiger partial charge < -0.3 is 20.3 Å². The minimum absolute atomic E-state index is 0.00118. The highest BCUT2D eigenvalue weighted by molar-refractivity contribution is 5.77. The molecule has 0 saturated heterocycles. The number of benzene rings is 1. The summed E-state index contributed by atoms with van der Waals surface area (Å²) >= 11 is 0. The molecule has 3 N–H and O–H groups in total. The Morgan fingerprint density at radius 3 is 2.35 bits per heavy atom. The number of nitrogens with two attached hydrogens (primary N) is 1. The normalized spacial score (nSPS) is 43.5. The maximum absolute atomic E-state index is 13.2. The summed E-state index contributed by atoms with van der Waals surface area (Å²) in [5.41, 5.74) is 8.22. The predicted molar refractivity (Wildman–Crippen MR) is 181 cm³/mol. The molecule has 0 bridgehead atoms. The van der Waals surface area contributed by atoms with Crippen LogP contribution in [0.2, 0.25) is 0 Å².